The highest BCUT2D eigenvalue weighted by Crippen LogP contribution is 2.15. The Hall–Kier alpha value is -0.980. The monoisotopic (exact) mass is 149 g/mol. The maximum Gasteiger partial charge on any atom is 0.0123 e. The first-order valence-corrected chi connectivity index (χ1v) is 3.90. The second kappa shape index (κ2) is 2.95. The van der Waals surface area contributed by atoms with Crippen molar-refractivity contribution < 1.29 is 0 Å². The minimum atomic E-state index is 1.22. The van der Waals surface area contributed by atoms with Crippen LogP contribution in [-0.4, -0.2) is 0 Å². The summed E-state index contributed by atoms with van der Waals surface area (Å²) in [7, 11) is 0. The molecule has 1 aliphatic rings. The Morgan fingerprint density at radius 3 is 1.91 bits per heavy atom. The van der Waals surface area contributed by atoms with Crippen molar-refractivity contribution in [2.45, 2.75) is 27.7 Å². The zero-order valence-corrected chi connectivity index (χ0v) is 7.65. The van der Waals surface area contributed by atoms with Crippen LogP contribution in [0.5, 0.6) is 0 Å². The minimum Gasteiger partial charge on any atom is -0.363 e. The molecule has 60 valence electrons. The summed E-state index contributed by atoms with van der Waals surface area (Å²) in [5, 5.41) is 3.25. The lowest BCUT2D eigenvalue weighted by Gasteiger charge is -2.14. The second-order valence-corrected chi connectivity index (χ2v) is 3.24. The molecule has 1 heteroatoms. The standard InChI is InChI=1S/C10H15N/c1-7(2)10-5-8(3)11-9(4)6-10/h5-6,11H,1-4H3. The summed E-state index contributed by atoms with van der Waals surface area (Å²) >= 11 is 0. The fraction of sp³-hybridized carbons (Fsp3) is 0.400. The molecule has 0 unspecified atom stereocenters. The highest BCUT2D eigenvalue weighted by molar-refractivity contribution is 5.41. The summed E-state index contributed by atoms with van der Waals surface area (Å²) in [6.07, 6.45) is 4.34. The van der Waals surface area contributed by atoms with E-state index in [1.807, 2.05) is 0 Å². The molecule has 0 saturated carbocycles. The summed E-state index contributed by atoms with van der Waals surface area (Å²) in [5.41, 5.74) is 5.14. The van der Waals surface area contributed by atoms with Crippen LogP contribution in [0, 0.1) is 0 Å². The van der Waals surface area contributed by atoms with E-state index in [0.29, 0.717) is 0 Å². The zero-order chi connectivity index (χ0) is 8.43. The van der Waals surface area contributed by atoms with Gasteiger partial charge >= 0.3 is 0 Å². The molecule has 0 radical (unpaired) electrons. The Bertz CT molecular complexity index is 230. The van der Waals surface area contributed by atoms with Gasteiger partial charge in [0, 0.05) is 11.4 Å². The predicted octanol–water partition coefficient (Wildman–Crippen LogP) is 2.73. The first kappa shape index (κ1) is 8.12. The molecule has 0 spiro atoms. The van der Waals surface area contributed by atoms with Crippen LogP contribution >= 0.6 is 0 Å². The largest absolute Gasteiger partial charge is 0.363 e. The summed E-state index contributed by atoms with van der Waals surface area (Å²) in [6.45, 7) is 8.43. The molecule has 0 aromatic heterocycles. The van der Waals surface area contributed by atoms with Crippen molar-refractivity contribution >= 4 is 0 Å². The maximum absolute atomic E-state index is 3.25. The van der Waals surface area contributed by atoms with E-state index in [9.17, 15) is 0 Å². The Morgan fingerprint density at radius 1 is 1.09 bits per heavy atom. The summed E-state index contributed by atoms with van der Waals surface area (Å²) in [5.74, 6) is 0. The van der Waals surface area contributed by atoms with Crippen molar-refractivity contribution in [1.29, 1.82) is 0 Å². The third kappa shape index (κ3) is 1.97. The SMILES string of the molecule is CC1=CC(=C(C)C)C=C(C)N1. The van der Waals surface area contributed by atoms with Crippen molar-refractivity contribution in [3.63, 3.8) is 0 Å². The Labute approximate surface area is 68.5 Å². The van der Waals surface area contributed by atoms with Gasteiger partial charge in [0.15, 0.2) is 0 Å². The Balaban J connectivity index is 3.00. The van der Waals surface area contributed by atoms with Gasteiger partial charge in [-0.1, -0.05) is 5.57 Å². The normalized spacial score (nSPS) is 16.9. The van der Waals surface area contributed by atoms with Gasteiger partial charge in [-0.3, -0.25) is 0 Å². The fourth-order valence-corrected chi connectivity index (χ4v) is 1.18. The van der Waals surface area contributed by atoms with Crippen LogP contribution < -0.4 is 5.32 Å². The van der Waals surface area contributed by atoms with Crippen molar-refractivity contribution in [3.05, 3.63) is 34.7 Å². The van der Waals surface area contributed by atoms with Crippen molar-refractivity contribution in [3.8, 4) is 0 Å². The number of nitrogens with one attached hydrogen (secondary N) is 1. The smallest absolute Gasteiger partial charge is 0.0123 e. The molecule has 1 aliphatic heterocycles. The summed E-state index contributed by atoms with van der Waals surface area (Å²) < 4.78 is 0. The number of rotatable bonds is 0. The summed E-state index contributed by atoms with van der Waals surface area (Å²) in [4.78, 5) is 0. The Morgan fingerprint density at radius 2 is 1.55 bits per heavy atom. The van der Waals surface area contributed by atoms with Gasteiger partial charge in [-0.15, -0.1) is 0 Å². The van der Waals surface area contributed by atoms with Crippen LogP contribution in [-0.2, 0) is 0 Å². The highest BCUT2D eigenvalue weighted by atomic mass is 14.9. The lowest BCUT2D eigenvalue weighted by molar-refractivity contribution is 0.944. The molecule has 0 fully saturated rings. The van der Waals surface area contributed by atoms with Crippen molar-refractivity contribution in [1.82, 2.24) is 5.32 Å². The molecular weight excluding hydrogens is 134 g/mol. The van der Waals surface area contributed by atoms with Gasteiger partial charge in [-0.2, -0.15) is 0 Å². The van der Waals surface area contributed by atoms with Crippen LogP contribution in [0.3, 0.4) is 0 Å². The van der Waals surface area contributed by atoms with Crippen molar-refractivity contribution in [2.75, 3.05) is 0 Å². The quantitative estimate of drug-likeness (QED) is 0.558. The van der Waals surface area contributed by atoms with E-state index < -0.39 is 0 Å². The minimum absolute atomic E-state index is 1.22. The van der Waals surface area contributed by atoms with Crippen molar-refractivity contribution in [2.24, 2.45) is 0 Å². The van der Waals surface area contributed by atoms with Crippen LogP contribution in [0.15, 0.2) is 34.7 Å². The van der Waals surface area contributed by atoms with E-state index >= 15 is 0 Å². The number of hydrogen-bond donors (Lipinski definition) is 1. The molecule has 1 N–H and O–H groups in total. The summed E-state index contributed by atoms with van der Waals surface area (Å²) in [6, 6.07) is 0. The molecule has 11 heavy (non-hydrogen) atoms. The molecule has 0 saturated heterocycles. The van der Waals surface area contributed by atoms with E-state index in [1.54, 1.807) is 0 Å². The van der Waals surface area contributed by atoms with E-state index in [4.69, 9.17) is 0 Å². The molecule has 1 heterocycles. The number of dihydropyridines is 1. The predicted molar refractivity (Wildman–Crippen MR) is 49.0 cm³/mol. The van der Waals surface area contributed by atoms with Gasteiger partial charge < -0.3 is 5.32 Å². The van der Waals surface area contributed by atoms with E-state index in [0.717, 1.165) is 0 Å². The van der Waals surface area contributed by atoms with Gasteiger partial charge in [0.1, 0.15) is 0 Å². The van der Waals surface area contributed by atoms with Gasteiger partial charge in [0.05, 0.1) is 0 Å². The third-order valence-electron chi connectivity index (χ3n) is 1.72. The average Bonchev–Trinajstić information content (AvgIpc) is 1.85. The third-order valence-corrected chi connectivity index (χ3v) is 1.72. The zero-order valence-electron chi connectivity index (χ0n) is 7.65. The van der Waals surface area contributed by atoms with E-state index in [2.05, 4.69) is 45.2 Å². The van der Waals surface area contributed by atoms with Gasteiger partial charge in [-0.25, -0.2) is 0 Å². The average molecular weight is 149 g/mol. The Kier molecular flexibility index (Phi) is 2.18. The van der Waals surface area contributed by atoms with Crippen LogP contribution in [0.4, 0.5) is 0 Å². The molecule has 1 rings (SSSR count). The first-order chi connectivity index (χ1) is 5.09. The van der Waals surface area contributed by atoms with E-state index in [1.165, 1.54) is 22.5 Å². The molecule has 0 aromatic rings. The molecule has 0 aromatic carbocycles. The number of hydrogen-bond acceptors (Lipinski definition) is 1. The fourth-order valence-electron chi connectivity index (χ4n) is 1.18. The molecule has 0 bridgehead atoms. The molecule has 1 nitrogen and oxygen atoms in total. The molecule has 0 atom stereocenters. The lowest BCUT2D eigenvalue weighted by Crippen LogP contribution is -2.12. The van der Waals surface area contributed by atoms with Crippen LogP contribution in [0.2, 0.25) is 0 Å². The second-order valence-electron chi connectivity index (χ2n) is 3.24. The molecule has 0 aliphatic carbocycles. The lowest BCUT2D eigenvalue weighted by atomic mass is 10.1. The van der Waals surface area contributed by atoms with Crippen LogP contribution in [0.1, 0.15) is 27.7 Å². The van der Waals surface area contributed by atoms with Gasteiger partial charge in [0.25, 0.3) is 0 Å². The first-order valence-electron chi connectivity index (χ1n) is 3.90. The molecular formula is C10H15N. The topological polar surface area (TPSA) is 12.0 Å². The van der Waals surface area contributed by atoms with Crippen LogP contribution in [0.25, 0.3) is 0 Å². The highest BCUT2D eigenvalue weighted by Gasteiger charge is 2.01. The number of allylic oxidation sites excluding steroid dienone is 6. The maximum atomic E-state index is 3.25. The molecule has 0 amide bonds. The van der Waals surface area contributed by atoms with Gasteiger partial charge in [0.2, 0.25) is 0 Å². The van der Waals surface area contributed by atoms with Gasteiger partial charge in [-0.05, 0) is 45.4 Å². The van der Waals surface area contributed by atoms with E-state index in [-0.39, 0.29) is 0 Å².